The van der Waals surface area contributed by atoms with Gasteiger partial charge in [0.1, 0.15) is 0 Å². The highest BCUT2D eigenvalue weighted by molar-refractivity contribution is 8.88. The van der Waals surface area contributed by atoms with Gasteiger partial charge in [0.25, 0.3) is 0 Å². The van der Waals surface area contributed by atoms with Gasteiger partial charge in [-0.05, 0) is 12.8 Å². The molecule has 0 spiro atoms. The second-order valence-corrected chi connectivity index (χ2v) is 11.7. The van der Waals surface area contributed by atoms with Crippen LogP contribution < -0.4 is 0 Å². The normalized spacial score (nSPS) is 11.9. The molecule has 0 aromatic carbocycles. The van der Waals surface area contributed by atoms with Gasteiger partial charge in [-0.25, -0.2) is 0 Å². The smallest absolute Gasteiger partial charge is 0.310 e. The van der Waals surface area contributed by atoms with E-state index in [1.807, 2.05) is 0 Å². The van der Waals surface area contributed by atoms with Crippen molar-refractivity contribution in [3.05, 3.63) is 0 Å². The molecular weight excluding hydrogens is 271 g/mol. The van der Waals surface area contributed by atoms with E-state index in [4.69, 9.17) is 0 Å². The Morgan fingerprint density at radius 2 is 1.24 bits per heavy atom. The molecule has 0 rings (SSSR count). The summed E-state index contributed by atoms with van der Waals surface area (Å²) < 4.78 is 11.8. The molecule has 0 radical (unpaired) electrons. The fourth-order valence-corrected chi connectivity index (χ4v) is 7.05. The molecule has 0 atom stereocenters. The fraction of sp³-hybridized carbons (Fsp3) is 1.00. The van der Waals surface area contributed by atoms with Crippen molar-refractivity contribution >= 4 is 28.5 Å². The minimum Gasteiger partial charge on any atom is -0.329 e. The van der Waals surface area contributed by atoms with Crippen LogP contribution in [0.2, 0.25) is 0 Å². The summed E-state index contributed by atoms with van der Waals surface area (Å²) in [5, 5.41) is 0. The lowest BCUT2D eigenvalue weighted by Crippen LogP contribution is -1.83. The summed E-state index contributed by atoms with van der Waals surface area (Å²) in [4.78, 5) is 9.71. The van der Waals surface area contributed by atoms with Gasteiger partial charge in [-0.15, -0.1) is 0 Å². The van der Waals surface area contributed by atoms with Crippen molar-refractivity contribution in [2.45, 2.75) is 65.2 Å². The Bertz CT molecular complexity index is 195. The third kappa shape index (κ3) is 13.1. The zero-order valence-corrected chi connectivity index (χ0v) is 13.7. The second kappa shape index (κ2) is 12.0. The summed E-state index contributed by atoms with van der Waals surface area (Å²) in [6.07, 6.45) is 9.41. The first kappa shape index (κ1) is 17.9. The number of hydrogen-bond donors (Lipinski definition) is 1. The standard InChI is InChI=1S/C12H27O2PS2/c1-3-5-7-9-11-16-15(13,14)17-12-10-8-6-4-2/h3-12H2,1-2H3,(H,13,14). The third-order valence-electron chi connectivity index (χ3n) is 2.50. The third-order valence-corrected chi connectivity index (χ3v) is 9.05. The lowest BCUT2D eigenvalue weighted by molar-refractivity contribution is 0.514. The molecule has 0 aromatic heterocycles. The molecule has 0 amide bonds. The van der Waals surface area contributed by atoms with Crippen LogP contribution in [0.3, 0.4) is 0 Å². The van der Waals surface area contributed by atoms with Crippen LogP contribution in [0.5, 0.6) is 0 Å². The molecule has 5 heteroatoms. The minimum atomic E-state index is -2.96. The van der Waals surface area contributed by atoms with Crippen LogP contribution >= 0.6 is 28.5 Å². The van der Waals surface area contributed by atoms with Crippen molar-refractivity contribution < 1.29 is 9.46 Å². The Hall–Kier alpha value is 0.890. The van der Waals surface area contributed by atoms with Gasteiger partial charge < -0.3 is 4.89 Å². The van der Waals surface area contributed by atoms with Gasteiger partial charge >= 0.3 is 5.77 Å². The maximum Gasteiger partial charge on any atom is 0.310 e. The van der Waals surface area contributed by atoms with Gasteiger partial charge in [0.2, 0.25) is 0 Å². The molecule has 0 bridgehead atoms. The Morgan fingerprint density at radius 1 is 0.824 bits per heavy atom. The summed E-state index contributed by atoms with van der Waals surface area (Å²) in [5.74, 6) is -1.30. The molecule has 0 heterocycles. The van der Waals surface area contributed by atoms with Crippen molar-refractivity contribution in [2.75, 3.05) is 11.5 Å². The Labute approximate surface area is 115 Å². The Morgan fingerprint density at radius 3 is 1.59 bits per heavy atom. The zero-order chi connectivity index (χ0) is 13.0. The average Bonchev–Trinajstić information content (AvgIpc) is 2.28. The molecule has 17 heavy (non-hydrogen) atoms. The molecule has 0 aromatic rings. The van der Waals surface area contributed by atoms with E-state index < -0.39 is 5.77 Å². The van der Waals surface area contributed by atoms with Gasteiger partial charge in [0.15, 0.2) is 0 Å². The lowest BCUT2D eigenvalue weighted by atomic mass is 10.2. The molecule has 0 fully saturated rings. The van der Waals surface area contributed by atoms with Crippen molar-refractivity contribution in [3.8, 4) is 0 Å². The predicted molar refractivity (Wildman–Crippen MR) is 83.0 cm³/mol. The molecule has 1 N–H and O–H groups in total. The summed E-state index contributed by atoms with van der Waals surface area (Å²) in [6.45, 7) is 4.35. The first-order valence-corrected chi connectivity index (χ1v) is 11.6. The molecule has 0 aliphatic rings. The molecule has 0 unspecified atom stereocenters. The molecule has 0 saturated heterocycles. The number of rotatable bonds is 12. The van der Waals surface area contributed by atoms with E-state index in [0.29, 0.717) is 0 Å². The van der Waals surface area contributed by atoms with Crippen LogP contribution in [0.25, 0.3) is 0 Å². The van der Waals surface area contributed by atoms with Crippen LogP contribution in [0.15, 0.2) is 0 Å². The first-order valence-electron chi connectivity index (χ1n) is 6.74. The maximum atomic E-state index is 11.8. The van der Waals surface area contributed by atoms with E-state index in [1.54, 1.807) is 0 Å². The number of hydrogen-bond acceptors (Lipinski definition) is 3. The van der Waals surface area contributed by atoms with Gasteiger partial charge in [-0.3, -0.25) is 4.57 Å². The molecule has 0 aliphatic carbocycles. The summed E-state index contributed by atoms with van der Waals surface area (Å²) in [7, 11) is 0. The van der Waals surface area contributed by atoms with Crippen LogP contribution in [-0.4, -0.2) is 16.4 Å². The molecule has 2 nitrogen and oxygen atoms in total. The van der Waals surface area contributed by atoms with Crippen molar-refractivity contribution in [3.63, 3.8) is 0 Å². The van der Waals surface area contributed by atoms with Crippen LogP contribution in [-0.2, 0) is 4.57 Å². The topological polar surface area (TPSA) is 37.3 Å². The Balaban J connectivity index is 3.42. The summed E-state index contributed by atoms with van der Waals surface area (Å²) in [6, 6.07) is 0. The maximum absolute atomic E-state index is 11.8. The SMILES string of the molecule is CCCCCCSP(=O)(O)SCCCCCC. The minimum absolute atomic E-state index is 0.829. The summed E-state index contributed by atoms with van der Waals surface area (Å²) >= 11 is 2.53. The van der Waals surface area contributed by atoms with Crippen molar-refractivity contribution in [2.24, 2.45) is 0 Å². The fourth-order valence-electron chi connectivity index (χ4n) is 1.45. The molecular formula is C12H27O2PS2. The highest BCUT2D eigenvalue weighted by Crippen LogP contribution is 2.65. The van der Waals surface area contributed by atoms with Crippen molar-refractivity contribution in [1.82, 2.24) is 0 Å². The van der Waals surface area contributed by atoms with Crippen LogP contribution in [0.1, 0.15) is 65.2 Å². The van der Waals surface area contributed by atoms with E-state index in [0.717, 1.165) is 24.3 Å². The predicted octanol–water partition coefficient (Wildman–Crippen LogP) is 5.71. The summed E-state index contributed by atoms with van der Waals surface area (Å²) in [5.41, 5.74) is 0. The van der Waals surface area contributed by atoms with Gasteiger partial charge in [-0.1, -0.05) is 75.1 Å². The van der Waals surface area contributed by atoms with E-state index in [1.165, 1.54) is 61.3 Å². The van der Waals surface area contributed by atoms with E-state index >= 15 is 0 Å². The van der Waals surface area contributed by atoms with Crippen molar-refractivity contribution in [1.29, 1.82) is 0 Å². The molecule has 104 valence electrons. The highest BCUT2D eigenvalue weighted by Gasteiger charge is 2.18. The van der Waals surface area contributed by atoms with Gasteiger partial charge in [-0.2, -0.15) is 0 Å². The lowest BCUT2D eigenvalue weighted by Gasteiger charge is -2.09. The molecule has 0 saturated carbocycles. The average molecular weight is 298 g/mol. The van der Waals surface area contributed by atoms with Crippen LogP contribution in [0.4, 0.5) is 0 Å². The molecule has 0 aliphatic heterocycles. The van der Waals surface area contributed by atoms with E-state index in [-0.39, 0.29) is 0 Å². The Kier molecular flexibility index (Phi) is 12.6. The second-order valence-electron chi connectivity index (χ2n) is 4.26. The van der Waals surface area contributed by atoms with E-state index in [9.17, 15) is 9.46 Å². The monoisotopic (exact) mass is 298 g/mol. The van der Waals surface area contributed by atoms with Gasteiger partial charge in [0.05, 0.1) is 0 Å². The largest absolute Gasteiger partial charge is 0.329 e. The highest BCUT2D eigenvalue weighted by atomic mass is 33.1. The van der Waals surface area contributed by atoms with E-state index in [2.05, 4.69) is 13.8 Å². The van der Waals surface area contributed by atoms with Gasteiger partial charge in [0, 0.05) is 11.5 Å². The number of unbranched alkanes of at least 4 members (excludes halogenated alkanes) is 6. The zero-order valence-electron chi connectivity index (χ0n) is 11.2. The first-order chi connectivity index (χ1) is 8.12. The van der Waals surface area contributed by atoms with Crippen LogP contribution in [0, 0.1) is 0 Å². The quantitative estimate of drug-likeness (QED) is 0.369.